The molecule has 0 fully saturated rings. The van der Waals surface area contributed by atoms with Crippen molar-refractivity contribution in [3.8, 4) is 0 Å². The van der Waals surface area contributed by atoms with Gasteiger partial charge in [0.25, 0.3) is 0 Å². The summed E-state index contributed by atoms with van der Waals surface area (Å²) in [5.74, 6) is 0. The van der Waals surface area contributed by atoms with E-state index in [2.05, 4.69) is 0 Å². The van der Waals surface area contributed by atoms with Crippen molar-refractivity contribution >= 4 is 122 Å². The molecule has 0 heterocycles. The van der Waals surface area contributed by atoms with E-state index in [9.17, 15) is 0 Å². The van der Waals surface area contributed by atoms with Crippen LogP contribution in [0, 0.1) is 0 Å². The minimum Gasteiger partial charge on any atom is -1.00 e. The first-order valence-corrected chi connectivity index (χ1v) is 1.80. The second kappa shape index (κ2) is 16.6. The zero-order valence-electron chi connectivity index (χ0n) is 9.91. The molecule has 0 unspecified atom stereocenters. The SMILES string of the molecule is OP(O)O.[Ca+2].[Ca+2].[Ca+2].[H-].[H-].[H-].[H-].[H-].[H-]. The first-order chi connectivity index (χ1) is 1.73. The van der Waals surface area contributed by atoms with Gasteiger partial charge in [0.2, 0.25) is 0 Å². The maximum absolute atomic E-state index is 7.23. The van der Waals surface area contributed by atoms with E-state index in [1.165, 1.54) is 0 Å². The monoisotopic (exact) mass is 208 g/mol. The normalized spacial score (nSPS) is 5.14. The molecule has 3 nitrogen and oxygen atoms in total. The summed E-state index contributed by atoms with van der Waals surface area (Å²) in [6, 6.07) is 0. The second-order valence-corrected chi connectivity index (χ2v) is 0.805. The van der Waals surface area contributed by atoms with Crippen molar-refractivity contribution in [3.05, 3.63) is 0 Å². The quantitative estimate of drug-likeness (QED) is 0.343. The van der Waals surface area contributed by atoms with Gasteiger partial charge in [0.15, 0.2) is 0 Å². The molecular weight excluding hydrogens is 199 g/mol. The molecule has 0 radical (unpaired) electrons. The molecule has 0 atom stereocenters. The summed E-state index contributed by atoms with van der Waals surface area (Å²) in [6.45, 7) is 0. The summed E-state index contributed by atoms with van der Waals surface area (Å²) in [4.78, 5) is 21.7. The zero-order valence-corrected chi connectivity index (χ0v) is 11.4. The van der Waals surface area contributed by atoms with E-state index in [0.717, 1.165) is 0 Å². The first kappa shape index (κ1) is 22.5. The first-order valence-electron chi connectivity index (χ1n) is 0.600. The van der Waals surface area contributed by atoms with E-state index >= 15 is 0 Å². The molecule has 38 valence electrons. The fourth-order valence-corrected chi connectivity index (χ4v) is 0. The summed E-state index contributed by atoms with van der Waals surface area (Å²) in [5, 5.41) is 0. The van der Waals surface area contributed by atoms with Gasteiger partial charge in [0.05, 0.1) is 0 Å². The van der Waals surface area contributed by atoms with E-state index in [1.807, 2.05) is 0 Å². The van der Waals surface area contributed by atoms with Crippen LogP contribution in [0.1, 0.15) is 8.56 Å². The molecule has 0 aliphatic carbocycles. The minimum absolute atomic E-state index is 0. The van der Waals surface area contributed by atoms with E-state index in [4.69, 9.17) is 14.7 Å². The molecule has 0 bridgehead atoms. The number of hydrogen-bond donors (Lipinski definition) is 3. The summed E-state index contributed by atoms with van der Waals surface area (Å²) in [5.41, 5.74) is 0. The largest absolute Gasteiger partial charge is 2.00 e. The average Bonchev–Trinajstić information content (AvgIpc) is 0.811. The molecule has 0 aliphatic heterocycles. The Hall–Kier alpha value is 4.09. The summed E-state index contributed by atoms with van der Waals surface area (Å²) >= 11 is 0. The Morgan fingerprint density at radius 3 is 0.857 bits per heavy atom. The van der Waals surface area contributed by atoms with Gasteiger partial charge in [0, 0.05) is 0 Å². The van der Waals surface area contributed by atoms with Crippen molar-refractivity contribution in [1.82, 2.24) is 0 Å². The summed E-state index contributed by atoms with van der Waals surface area (Å²) in [7, 11) is -2.62. The molecule has 0 rings (SSSR count). The third-order valence-electron chi connectivity index (χ3n) is 0. The fourth-order valence-electron chi connectivity index (χ4n) is 0. The molecule has 0 saturated carbocycles. The molecule has 0 aliphatic rings. The van der Waals surface area contributed by atoms with Crippen molar-refractivity contribution in [2.45, 2.75) is 0 Å². The van der Waals surface area contributed by atoms with Crippen LogP contribution in [0.5, 0.6) is 0 Å². The van der Waals surface area contributed by atoms with Crippen LogP contribution in [0.2, 0.25) is 0 Å². The van der Waals surface area contributed by atoms with Crippen LogP contribution in [0.25, 0.3) is 0 Å². The fraction of sp³-hybridized carbons (Fsp3) is 0. The van der Waals surface area contributed by atoms with Gasteiger partial charge in [-0.3, -0.25) is 0 Å². The second-order valence-electron chi connectivity index (χ2n) is 0.268. The smallest absolute Gasteiger partial charge is 1.00 e. The Morgan fingerprint density at radius 2 is 0.857 bits per heavy atom. The molecule has 0 aromatic carbocycles. The Balaban J connectivity index is -0.00000000125. The van der Waals surface area contributed by atoms with Crippen LogP contribution in [-0.2, 0) is 0 Å². The predicted octanol–water partition coefficient (Wildman–Crippen LogP) is -1.28. The molecule has 0 amide bonds. The van der Waals surface area contributed by atoms with Crippen molar-refractivity contribution in [2.24, 2.45) is 0 Å². The summed E-state index contributed by atoms with van der Waals surface area (Å²) < 4.78 is 0. The zero-order chi connectivity index (χ0) is 3.58. The van der Waals surface area contributed by atoms with Crippen molar-refractivity contribution in [2.75, 3.05) is 0 Å². The molecule has 0 saturated heterocycles. The third kappa shape index (κ3) is 39.5. The Bertz CT molecular complexity index is 27.8. The molecule has 0 aromatic heterocycles. The van der Waals surface area contributed by atoms with E-state index in [-0.39, 0.29) is 122 Å². The number of hydrogen-bond acceptors (Lipinski definition) is 3. The van der Waals surface area contributed by atoms with Crippen molar-refractivity contribution in [3.63, 3.8) is 0 Å². The van der Waals surface area contributed by atoms with Gasteiger partial charge in [-0.1, -0.05) is 0 Å². The van der Waals surface area contributed by atoms with Gasteiger partial charge in [-0.25, -0.2) is 0 Å². The standard InChI is InChI=1S/3Ca.H3O3P.6H/c;;;1-4(2)3;;;;;;/h;;;1-3H;;;;;;/q3*+2;;6*-1. The average molecular weight is 208 g/mol. The maximum Gasteiger partial charge on any atom is 2.00 e. The molecule has 7 heavy (non-hydrogen) atoms. The Kier molecular flexibility index (Phi) is 53.2. The molecule has 3 N–H and O–H groups in total. The van der Waals surface area contributed by atoms with Crippen LogP contribution in [0.4, 0.5) is 0 Å². The van der Waals surface area contributed by atoms with Gasteiger partial charge in [-0.2, -0.15) is 0 Å². The van der Waals surface area contributed by atoms with Gasteiger partial charge in [0.1, 0.15) is 0 Å². The Morgan fingerprint density at radius 1 is 0.857 bits per heavy atom. The predicted molar refractivity (Wildman–Crippen MR) is 37.5 cm³/mol. The van der Waals surface area contributed by atoms with Crippen LogP contribution >= 0.6 is 8.60 Å². The van der Waals surface area contributed by atoms with E-state index in [0.29, 0.717) is 0 Å². The third-order valence-corrected chi connectivity index (χ3v) is 0. The van der Waals surface area contributed by atoms with Gasteiger partial charge < -0.3 is 23.2 Å². The molecule has 7 heteroatoms. The van der Waals surface area contributed by atoms with Crippen molar-refractivity contribution in [1.29, 1.82) is 0 Å². The van der Waals surface area contributed by atoms with Crippen LogP contribution in [0.3, 0.4) is 0 Å². The maximum atomic E-state index is 7.23. The van der Waals surface area contributed by atoms with Crippen LogP contribution < -0.4 is 0 Å². The van der Waals surface area contributed by atoms with Crippen molar-refractivity contribution < 1.29 is 23.2 Å². The van der Waals surface area contributed by atoms with Crippen LogP contribution in [0.15, 0.2) is 0 Å². The molecule has 0 aromatic rings. The van der Waals surface area contributed by atoms with E-state index < -0.39 is 8.60 Å². The minimum atomic E-state index is -2.62. The molecule has 0 spiro atoms. The molecular formula is H9Ca3O3P. The van der Waals surface area contributed by atoms with Gasteiger partial charge in [-0.15, -0.1) is 0 Å². The Labute approximate surface area is 142 Å². The van der Waals surface area contributed by atoms with Crippen LogP contribution in [-0.4, -0.2) is 128 Å². The number of rotatable bonds is 0. The topological polar surface area (TPSA) is 60.7 Å². The van der Waals surface area contributed by atoms with E-state index in [1.54, 1.807) is 0 Å². The summed E-state index contributed by atoms with van der Waals surface area (Å²) in [6.07, 6.45) is 0. The van der Waals surface area contributed by atoms with Gasteiger partial charge in [-0.05, 0) is 0 Å². The van der Waals surface area contributed by atoms with Gasteiger partial charge >= 0.3 is 122 Å².